The molecule has 1 heterocycles. The molecule has 19 heavy (non-hydrogen) atoms. The predicted molar refractivity (Wildman–Crippen MR) is 75.5 cm³/mol. The highest BCUT2D eigenvalue weighted by Gasteiger charge is 2.20. The molecule has 1 rings (SSSR count). The molecule has 0 radical (unpaired) electrons. The summed E-state index contributed by atoms with van der Waals surface area (Å²) in [5.41, 5.74) is 0.735. The van der Waals surface area contributed by atoms with Crippen LogP contribution in [0.5, 0.6) is 5.88 Å². The van der Waals surface area contributed by atoms with Gasteiger partial charge >= 0.3 is 7.60 Å². The highest BCUT2D eigenvalue weighted by Crippen LogP contribution is 2.47. The lowest BCUT2D eigenvalue weighted by atomic mass is 10.3. The Morgan fingerprint density at radius 1 is 1.26 bits per heavy atom. The number of hydrogen-bond donors (Lipinski definition) is 0. The number of hydrogen-bond acceptors (Lipinski definition) is 5. The molecule has 0 saturated heterocycles. The molecule has 5 nitrogen and oxygen atoms in total. The van der Waals surface area contributed by atoms with E-state index in [0.29, 0.717) is 19.1 Å². The Labute approximate surface area is 114 Å². The summed E-state index contributed by atoms with van der Waals surface area (Å²) in [6, 6.07) is 5.45. The topological polar surface area (TPSA) is 57.7 Å². The van der Waals surface area contributed by atoms with Crippen LogP contribution in [0.2, 0.25) is 0 Å². The van der Waals surface area contributed by atoms with E-state index in [9.17, 15) is 4.57 Å². The fourth-order valence-electron chi connectivity index (χ4n) is 1.48. The number of ether oxygens (including phenoxy) is 1. The first-order valence-electron chi connectivity index (χ1n) is 6.19. The van der Waals surface area contributed by atoms with E-state index in [1.165, 1.54) is 0 Å². The second-order valence-corrected chi connectivity index (χ2v) is 5.74. The van der Waals surface area contributed by atoms with Crippen LogP contribution < -0.4 is 4.74 Å². The third-order valence-electron chi connectivity index (χ3n) is 2.22. The quantitative estimate of drug-likeness (QED) is 0.685. The van der Waals surface area contributed by atoms with E-state index in [-0.39, 0.29) is 6.16 Å². The third-order valence-corrected chi connectivity index (χ3v) is 4.18. The van der Waals surface area contributed by atoms with Crippen LogP contribution in [0.15, 0.2) is 24.3 Å². The lowest BCUT2D eigenvalue weighted by molar-refractivity contribution is 0.222. The maximum absolute atomic E-state index is 12.2. The van der Waals surface area contributed by atoms with Gasteiger partial charge in [-0.3, -0.25) is 4.57 Å². The molecule has 0 fully saturated rings. The molecule has 0 aromatic carbocycles. The van der Waals surface area contributed by atoms with E-state index in [1.54, 1.807) is 39.2 Å². The van der Waals surface area contributed by atoms with E-state index < -0.39 is 7.60 Å². The number of rotatable bonds is 8. The first-order valence-corrected chi connectivity index (χ1v) is 7.92. The molecule has 0 atom stereocenters. The molecule has 0 aliphatic carbocycles. The number of aromatic nitrogens is 1. The van der Waals surface area contributed by atoms with E-state index >= 15 is 0 Å². The fraction of sp³-hybridized carbons (Fsp3) is 0.462. The van der Waals surface area contributed by atoms with Crippen LogP contribution in [-0.4, -0.2) is 31.5 Å². The Morgan fingerprint density at radius 3 is 2.53 bits per heavy atom. The lowest BCUT2D eigenvalue weighted by Gasteiger charge is -2.14. The Balaban J connectivity index is 2.67. The summed E-state index contributed by atoms with van der Waals surface area (Å²) < 4.78 is 27.6. The van der Waals surface area contributed by atoms with Gasteiger partial charge in [0.15, 0.2) is 0 Å². The second-order valence-electron chi connectivity index (χ2n) is 3.64. The van der Waals surface area contributed by atoms with Gasteiger partial charge in [0.25, 0.3) is 0 Å². The molecule has 0 aliphatic heterocycles. The Bertz CT molecular complexity index is 452. The van der Waals surface area contributed by atoms with Crippen LogP contribution in [0, 0.1) is 0 Å². The highest BCUT2D eigenvalue weighted by atomic mass is 31.2. The molecule has 1 aromatic rings. The van der Waals surface area contributed by atoms with Gasteiger partial charge in [0.1, 0.15) is 0 Å². The molecule has 0 N–H and O–H groups in total. The van der Waals surface area contributed by atoms with Crippen molar-refractivity contribution in [2.75, 3.05) is 26.5 Å². The molecule has 0 bridgehead atoms. The zero-order valence-corrected chi connectivity index (χ0v) is 12.4. The molecular formula is C13H20NO4P. The van der Waals surface area contributed by atoms with Gasteiger partial charge in [-0.15, -0.1) is 0 Å². The molecule has 6 heteroatoms. The Hall–Kier alpha value is -1.16. The lowest BCUT2D eigenvalue weighted by Crippen LogP contribution is -1.98. The van der Waals surface area contributed by atoms with Gasteiger partial charge in [0, 0.05) is 6.07 Å². The highest BCUT2D eigenvalue weighted by molar-refractivity contribution is 7.54. The van der Waals surface area contributed by atoms with Crippen molar-refractivity contribution in [2.24, 2.45) is 0 Å². The van der Waals surface area contributed by atoms with E-state index in [1.807, 2.05) is 12.1 Å². The summed E-state index contributed by atoms with van der Waals surface area (Å²) in [7, 11) is -1.46. The molecule has 106 valence electrons. The zero-order chi connectivity index (χ0) is 14.1. The van der Waals surface area contributed by atoms with Gasteiger partial charge in [-0.2, -0.15) is 0 Å². The minimum absolute atomic E-state index is 0.230. The van der Waals surface area contributed by atoms with Crippen LogP contribution in [0.1, 0.15) is 19.5 Å². The fourth-order valence-corrected chi connectivity index (χ4v) is 2.91. The van der Waals surface area contributed by atoms with Crippen molar-refractivity contribution in [3.8, 4) is 5.88 Å². The van der Waals surface area contributed by atoms with Crippen molar-refractivity contribution in [3.63, 3.8) is 0 Å². The standard InChI is InChI=1S/C13H20NO4P/c1-4-17-19(15,18-5-2)11-7-9-12-8-6-10-13(14-12)16-3/h6-10H,4-5,11H2,1-3H3/b9-7+. The van der Waals surface area contributed by atoms with Gasteiger partial charge in [-0.05, 0) is 26.0 Å². The van der Waals surface area contributed by atoms with E-state index in [4.69, 9.17) is 13.8 Å². The van der Waals surface area contributed by atoms with Crippen LogP contribution >= 0.6 is 7.60 Å². The molecule has 0 saturated carbocycles. The second kappa shape index (κ2) is 8.10. The summed E-state index contributed by atoms with van der Waals surface area (Å²) in [6.45, 7) is 4.31. The van der Waals surface area contributed by atoms with Gasteiger partial charge in [-0.1, -0.05) is 12.1 Å². The number of pyridine rings is 1. The van der Waals surface area contributed by atoms with E-state index in [2.05, 4.69) is 4.98 Å². The smallest absolute Gasteiger partial charge is 0.334 e. The van der Waals surface area contributed by atoms with Crippen molar-refractivity contribution in [3.05, 3.63) is 30.0 Å². The molecule has 0 unspecified atom stereocenters. The first-order chi connectivity index (χ1) is 9.13. The first kappa shape index (κ1) is 15.9. The zero-order valence-electron chi connectivity index (χ0n) is 11.5. The third kappa shape index (κ3) is 5.55. The maximum atomic E-state index is 12.2. The van der Waals surface area contributed by atoms with Crippen LogP contribution in [0.25, 0.3) is 6.08 Å². The summed E-state index contributed by atoms with van der Waals surface area (Å²) in [4.78, 5) is 4.22. The SMILES string of the molecule is CCOP(=O)(C/C=C/c1cccc(OC)n1)OCC. The van der Waals surface area contributed by atoms with Crippen LogP contribution in [0.3, 0.4) is 0 Å². The maximum Gasteiger partial charge on any atom is 0.334 e. The minimum Gasteiger partial charge on any atom is -0.481 e. The average molecular weight is 285 g/mol. The summed E-state index contributed by atoms with van der Waals surface area (Å²) in [5, 5.41) is 0. The number of allylic oxidation sites excluding steroid dienone is 1. The van der Waals surface area contributed by atoms with Crippen molar-refractivity contribution in [1.29, 1.82) is 0 Å². The summed E-state index contributed by atoms with van der Waals surface area (Å²) in [6.07, 6.45) is 3.74. The van der Waals surface area contributed by atoms with Gasteiger partial charge in [0.05, 0.1) is 32.2 Å². The summed E-state index contributed by atoms with van der Waals surface area (Å²) in [5.74, 6) is 0.542. The molecular weight excluding hydrogens is 265 g/mol. The monoisotopic (exact) mass is 285 g/mol. The molecule has 0 aliphatic rings. The molecule has 0 amide bonds. The number of methoxy groups -OCH3 is 1. The largest absolute Gasteiger partial charge is 0.481 e. The van der Waals surface area contributed by atoms with E-state index in [0.717, 1.165) is 5.69 Å². The van der Waals surface area contributed by atoms with Crippen LogP contribution in [-0.2, 0) is 13.6 Å². The van der Waals surface area contributed by atoms with Crippen molar-refractivity contribution >= 4 is 13.7 Å². The Morgan fingerprint density at radius 2 is 1.95 bits per heavy atom. The predicted octanol–water partition coefficient (Wildman–Crippen LogP) is 3.37. The van der Waals surface area contributed by atoms with Crippen LogP contribution in [0.4, 0.5) is 0 Å². The molecule has 0 spiro atoms. The Kier molecular flexibility index (Phi) is 6.78. The normalized spacial score (nSPS) is 11.9. The number of nitrogens with zero attached hydrogens (tertiary/aromatic N) is 1. The van der Waals surface area contributed by atoms with Gasteiger partial charge in [0.2, 0.25) is 5.88 Å². The molecule has 1 aromatic heterocycles. The van der Waals surface area contributed by atoms with Gasteiger partial charge < -0.3 is 13.8 Å². The van der Waals surface area contributed by atoms with Crippen molar-refractivity contribution in [2.45, 2.75) is 13.8 Å². The van der Waals surface area contributed by atoms with Crippen molar-refractivity contribution < 1.29 is 18.3 Å². The average Bonchev–Trinajstić information content (AvgIpc) is 2.39. The van der Waals surface area contributed by atoms with Gasteiger partial charge in [-0.25, -0.2) is 4.98 Å². The summed E-state index contributed by atoms with van der Waals surface area (Å²) >= 11 is 0. The minimum atomic E-state index is -3.02. The van der Waals surface area contributed by atoms with Crippen molar-refractivity contribution in [1.82, 2.24) is 4.98 Å².